The fourth-order valence-electron chi connectivity index (χ4n) is 5.83. The van der Waals surface area contributed by atoms with E-state index < -0.39 is 0 Å². The van der Waals surface area contributed by atoms with Gasteiger partial charge in [0.2, 0.25) is 5.91 Å². The molecule has 196 valence electrons. The number of amides is 2. The summed E-state index contributed by atoms with van der Waals surface area (Å²) in [7, 11) is 0. The number of hydrogen-bond donors (Lipinski definition) is 1. The first-order valence-electron chi connectivity index (χ1n) is 13.3. The smallest absolute Gasteiger partial charge is 0.253 e. The summed E-state index contributed by atoms with van der Waals surface area (Å²) in [6.45, 7) is 3.72. The fraction of sp³-hybridized carbons (Fsp3) is 0.393. The Morgan fingerprint density at radius 1 is 0.921 bits per heavy atom. The van der Waals surface area contributed by atoms with E-state index in [1.54, 1.807) is 11.8 Å². The maximum Gasteiger partial charge on any atom is 0.253 e. The van der Waals surface area contributed by atoms with Gasteiger partial charge in [-0.3, -0.25) is 14.3 Å². The van der Waals surface area contributed by atoms with Gasteiger partial charge in [-0.05, 0) is 37.1 Å². The molecular formula is C28H32N8O2. The van der Waals surface area contributed by atoms with Gasteiger partial charge in [0, 0.05) is 56.0 Å². The molecule has 1 saturated heterocycles. The Morgan fingerprint density at radius 3 is 2.45 bits per heavy atom. The summed E-state index contributed by atoms with van der Waals surface area (Å²) in [6.07, 6.45) is 9.22. The highest BCUT2D eigenvalue weighted by Crippen LogP contribution is 2.38. The summed E-state index contributed by atoms with van der Waals surface area (Å²) < 4.78 is 3.94. The lowest BCUT2D eigenvalue weighted by Crippen LogP contribution is -2.50. The molecule has 2 fully saturated rings. The van der Waals surface area contributed by atoms with Crippen molar-refractivity contribution < 1.29 is 9.59 Å². The van der Waals surface area contributed by atoms with Crippen molar-refractivity contribution in [1.82, 2.24) is 34.2 Å². The molecule has 38 heavy (non-hydrogen) atoms. The molecule has 0 bridgehead atoms. The minimum Gasteiger partial charge on any atom is -0.382 e. The minimum atomic E-state index is -0.0411. The van der Waals surface area contributed by atoms with Crippen LogP contribution in [0.4, 0.5) is 5.82 Å². The predicted molar refractivity (Wildman–Crippen MR) is 144 cm³/mol. The maximum absolute atomic E-state index is 13.3. The number of carbonyl (C=O) groups excluding carboxylic acids is 2. The zero-order valence-corrected chi connectivity index (χ0v) is 21.6. The molecule has 1 saturated carbocycles. The van der Waals surface area contributed by atoms with Crippen LogP contribution in [0.2, 0.25) is 0 Å². The first-order valence-corrected chi connectivity index (χ1v) is 13.3. The van der Waals surface area contributed by atoms with E-state index in [1.165, 1.54) is 25.6 Å². The number of rotatable bonds is 4. The van der Waals surface area contributed by atoms with Crippen molar-refractivity contribution in [3.8, 4) is 22.5 Å². The number of nitrogens with zero attached hydrogens (tertiary/aromatic N) is 7. The lowest BCUT2D eigenvalue weighted by molar-refractivity contribution is -0.130. The highest BCUT2D eigenvalue weighted by Gasteiger charge is 2.26. The second-order valence-electron chi connectivity index (χ2n) is 10.2. The van der Waals surface area contributed by atoms with Crippen molar-refractivity contribution in [2.45, 2.75) is 45.1 Å². The number of benzene rings is 1. The number of nitrogen functional groups attached to an aromatic ring is 1. The second kappa shape index (κ2) is 9.92. The molecule has 6 rings (SSSR count). The van der Waals surface area contributed by atoms with E-state index in [0.29, 0.717) is 43.6 Å². The summed E-state index contributed by atoms with van der Waals surface area (Å²) in [5.41, 5.74) is 11.4. The van der Waals surface area contributed by atoms with E-state index in [9.17, 15) is 9.59 Å². The molecule has 2 aliphatic rings. The lowest BCUT2D eigenvalue weighted by atomic mass is 9.95. The van der Waals surface area contributed by atoms with Crippen LogP contribution in [0.1, 0.15) is 55.4 Å². The van der Waals surface area contributed by atoms with E-state index in [0.717, 1.165) is 40.9 Å². The molecule has 4 aromatic rings. The Balaban J connectivity index is 1.37. The zero-order valence-electron chi connectivity index (χ0n) is 21.6. The zero-order chi connectivity index (χ0) is 26.2. The van der Waals surface area contributed by atoms with E-state index in [1.807, 2.05) is 45.9 Å². The van der Waals surface area contributed by atoms with Gasteiger partial charge in [-0.1, -0.05) is 31.4 Å². The van der Waals surface area contributed by atoms with Crippen molar-refractivity contribution in [1.29, 1.82) is 0 Å². The van der Waals surface area contributed by atoms with Gasteiger partial charge in [-0.15, -0.1) is 0 Å². The molecule has 2 N–H and O–H groups in total. The molecular weight excluding hydrogens is 480 g/mol. The van der Waals surface area contributed by atoms with Crippen molar-refractivity contribution >= 4 is 23.1 Å². The number of nitrogens with two attached hydrogens (primary N) is 1. The van der Waals surface area contributed by atoms with Gasteiger partial charge in [0.15, 0.2) is 5.82 Å². The van der Waals surface area contributed by atoms with Crippen LogP contribution in [0.25, 0.3) is 28.0 Å². The molecule has 1 aliphatic carbocycles. The van der Waals surface area contributed by atoms with Crippen LogP contribution in [-0.2, 0) is 4.79 Å². The van der Waals surface area contributed by atoms with E-state index in [2.05, 4.69) is 20.8 Å². The van der Waals surface area contributed by atoms with Gasteiger partial charge in [0.1, 0.15) is 11.8 Å². The summed E-state index contributed by atoms with van der Waals surface area (Å²) in [6, 6.07) is 12.1. The van der Waals surface area contributed by atoms with Crippen LogP contribution < -0.4 is 5.73 Å². The standard InChI is InChI=1S/C28H32N8O2/c1-19(37)33-12-14-34(15-13-33)28(38)21-7-5-6-20(16-21)25-17-23(26-27(29)30-18-32-36(25)26)24-10-11-31-35(24)22-8-3-2-4-9-22/h5-7,10-11,16-18,22H,2-4,8-9,12-15H2,1H3,(H2,29,30,32). The first-order chi connectivity index (χ1) is 18.5. The molecule has 3 aromatic heterocycles. The van der Waals surface area contributed by atoms with Gasteiger partial charge in [0.25, 0.3) is 5.91 Å². The number of hydrogen-bond acceptors (Lipinski definition) is 6. The number of carbonyl (C=O) groups is 2. The van der Waals surface area contributed by atoms with Crippen LogP contribution in [0.5, 0.6) is 0 Å². The van der Waals surface area contributed by atoms with E-state index >= 15 is 0 Å². The molecule has 10 heteroatoms. The first kappa shape index (κ1) is 24.1. The number of anilines is 1. The van der Waals surface area contributed by atoms with Crippen LogP contribution in [0, 0.1) is 0 Å². The van der Waals surface area contributed by atoms with Crippen molar-refractivity contribution in [3.05, 3.63) is 54.5 Å². The van der Waals surface area contributed by atoms with Crippen molar-refractivity contribution in [3.63, 3.8) is 0 Å². The van der Waals surface area contributed by atoms with Gasteiger partial charge in [0.05, 0.1) is 17.4 Å². The molecule has 1 aliphatic heterocycles. The van der Waals surface area contributed by atoms with Crippen LogP contribution in [-0.4, -0.2) is 72.2 Å². The van der Waals surface area contributed by atoms with Crippen molar-refractivity contribution in [2.75, 3.05) is 31.9 Å². The third-order valence-electron chi connectivity index (χ3n) is 7.87. The predicted octanol–water partition coefficient (Wildman–Crippen LogP) is 3.65. The molecule has 0 spiro atoms. The second-order valence-corrected chi connectivity index (χ2v) is 10.2. The van der Waals surface area contributed by atoms with Gasteiger partial charge < -0.3 is 15.5 Å². The number of fused-ring (bicyclic) bond motifs is 1. The molecule has 0 atom stereocenters. The Labute approximate surface area is 221 Å². The van der Waals surface area contributed by atoms with Gasteiger partial charge >= 0.3 is 0 Å². The molecule has 4 heterocycles. The average molecular weight is 513 g/mol. The summed E-state index contributed by atoms with van der Waals surface area (Å²) in [4.78, 5) is 32.9. The molecule has 1 aromatic carbocycles. The average Bonchev–Trinajstić information content (AvgIpc) is 3.59. The summed E-state index contributed by atoms with van der Waals surface area (Å²) in [5, 5.41) is 9.23. The Morgan fingerprint density at radius 2 is 1.68 bits per heavy atom. The van der Waals surface area contributed by atoms with Crippen molar-refractivity contribution in [2.24, 2.45) is 0 Å². The van der Waals surface area contributed by atoms with E-state index in [-0.39, 0.29) is 11.8 Å². The largest absolute Gasteiger partial charge is 0.382 e. The number of aromatic nitrogens is 5. The molecule has 2 amide bonds. The highest BCUT2D eigenvalue weighted by atomic mass is 16.2. The monoisotopic (exact) mass is 512 g/mol. The lowest BCUT2D eigenvalue weighted by Gasteiger charge is -2.34. The third kappa shape index (κ3) is 4.29. The van der Waals surface area contributed by atoms with E-state index in [4.69, 9.17) is 10.8 Å². The summed E-state index contributed by atoms with van der Waals surface area (Å²) in [5.74, 6) is 0.398. The molecule has 0 radical (unpaired) electrons. The van der Waals surface area contributed by atoms with Crippen LogP contribution in [0.3, 0.4) is 0 Å². The highest BCUT2D eigenvalue weighted by molar-refractivity contribution is 5.96. The normalized spacial score (nSPS) is 16.8. The van der Waals surface area contributed by atoms with Crippen LogP contribution >= 0.6 is 0 Å². The van der Waals surface area contributed by atoms with Crippen LogP contribution in [0.15, 0.2) is 48.9 Å². The summed E-state index contributed by atoms with van der Waals surface area (Å²) >= 11 is 0. The maximum atomic E-state index is 13.3. The number of piperazine rings is 1. The molecule has 0 unspecified atom stereocenters. The van der Waals surface area contributed by atoms with Gasteiger partial charge in [-0.2, -0.15) is 10.2 Å². The quantitative estimate of drug-likeness (QED) is 0.446. The Kier molecular flexibility index (Phi) is 6.30. The fourth-order valence-corrected chi connectivity index (χ4v) is 5.83. The Bertz CT molecular complexity index is 1490. The Hall–Kier alpha value is -4.21. The minimum absolute atomic E-state index is 0.0411. The third-order valence-corrected chi connectivity index (χ3v) is 7.87. The molecule has 10 nitrogen and oxygen atoms in total. The topological polar surface area (TPSA) is 115 Å². The SMILES string of the molecule is CC(=O)N1CCN(C(=O)c2cccc(-c3cc(-c4ccnn4C4CCCCC4)c4c(N)ncnn34)c2)CC1. The van der Waals surface area contributed by atoms with Gasteiger partial charge in [-0.25, -0.2) is 9.50 Å².